The maximum absolute atomic E-state index is 5.43. The quantitative estimate of drug-likeness (QED) is 0.820. The third-order valence-electron chi connectivity index (χ3n) is 1.46. The molecule has 0 bridgehead atoms. The van der Waals surface area contributed by atoms with Crippen molar-refractivity contribution < 1.29 is 15.9 Å². The maximum atomic E-state index is 5.43. The van der Waals surface area contributed by atoms with E-state index < -0.39 is 0 Å². The van der Waals surface area contributed by atoms with E-state index >= 15 is 0 Å². The van der Waals surface area contributed by atoms with E-state index in [1.165, 1.54) is 0 Å². The topological polar surface area (TPSA) is 52.0 Å². The van der Waals surface area contributed by atoms with Crippen LogP contribution in [0.4, 0.5) is 0 Å². The molecule has 0 unspecified atom stereocenters. The minimum atomic E-state index is -0.106. The average Bonchev–Trinajstić information content (AvgIpc) is 2.19. The van der Waals surface area contributed by atoms with Gasteiger partial charge in [-0.25, -0.2) is 0 Å². The molecule has 0 saturated carbocycles. The summed E-state index contributed by atoms with van der Waals surface area (Å²) in [4.78, 5) is 0. The fourth-order valence-electron chi connectivity index (χ4n) is 0.884. The molecule has 0 aliphatic heterocycles. The van der Waals surface area contributed by atoms with E-state index in [2.05, 4.69) is 0 Å². The van der Waals surface area contributed by atoms with Crippen molar-refractivity contribution in [1.29, 1.82) is 0 Å². The van der Waals surface area contributed by atoms with Gasteiger partial charge >= 0.3 is 35.0 Å². The van der Waals surface area contributed by atoms with Crippen LogP contribution in [0.1, 0.15) is 11.1 Å². The van der Waals surface area contributed by atoms with E-state index in [-0.39, 0.29) is 15.9 Å². The predicted octanol–water partition coefficient (Wildman–Crippen LogP) is 1.98. The number of nitrogens with two attached hydrogens (primary N) is 2. The fourth-order valence-corrected chi connectivity index (χ4v) is 0.884. The van der Waals surface area contributed by atoms with Gasteiger partial charge in [-0.3, -0.25) is 0 Å². The minimum absolute atomic E-state index is 0.106. The summed E-state index contributed by atoms with van der Waals surface area (Å²) in [5, 5.41) is 0. The molecule has 1 aromatic rings. The molecule has 0 fully saturated rings. The van der Waals surface area contributed by atoms with Crippen molar-refractivity contribution in [2.45, 2.75) is 13.1 Å². The van der Waals surface area contributed by atoms with Crippen LogP contribution in [0.2, 0.25) is 0 Å². The predicted molar refractivity (Wildman–Crippen MR) is 53.9 cm³/mol. The summed E-state index contributed by atoms with van der Waals surface area (Å²) in [6, 6.07) is 8.00. The Morgan fingerprint density at radius 3 is 1.77 bits per heavy atom. The van der Waals surface area contributed by atoms with Crippen LogP contribution in [0.15, 0.2) is 24.3 Å². The number of hydrogen-bond acceptors (Lipinski definition) is 2. The summed E-state index contributed by atoms with van der Waals surface area (Å²) < 4.78 is 0. The normalized spacial score (nSPS) is 9.23. The third-order valence-corrected chi connectivity index (χ3v) is 1.46. The van der Waals surface area contributed by atoms with Crippen molar-refractivity contribution >= 4 is 19.1 Å². The molecule has 0 atom stereocenters. The summed E-state index contributed by atoms with van der Waals surface area (Å²) in [6.45, 7) is 1.18. The molecule has 4 N–H and O–H groups in total. The number of halogens is 2. The monoisotopic (exact) mass is 312 g/mol. The molecule has 5 heteroatoms. The van der Waals surface area contributed by atoms with Crippen LogP contribution in [0.3, 0.4) is 0 Å². The Bertz CT molecular complexity index is 214. The first-order valence-corrected chi connectivity index (χ1v) is 7.59. The Kier molecular flexibility index (Phi) is 9.22. The third kappa shape index (κ3) is 6.45. The van der Waals surface area contributed by atoms with E-state index in [9.17, 15) is 0 Å². The van der Waals surface area contributed by atoms with Crippen molar-refractivity contribution in [3.8, 4) is 0 Å². The molecule has 0 spiro atoms. The zero-order valence-corrected chi connectivity index (χ0v) is 10.0. The molecular formula is C8H12Cl2N2Pd. The fraction of sp³-hybridized carbons (Fsp3) is 0.250. The summed E-state index contributed by atoms with van der Waals surface area (Å²) in [6.07, 6.45) is 0. The van der Waals surface area contributed by atoms with Crippen molar-refractivity contribution in [2.75, 3.05) is 0 Å². The van der Waals surface area contributed by atoms with Gasteiger partial charge in [-0.2, -0.15) is 0 Å². The molecule has 0 radical (unpaired) electrons. The first-order chi connectivity index (χ1) is 6.28. The summed E-state index contributed by atoms with van der Waals surface area (Å²) in [5.41, 5.74) is 13.1. The number of rotatable bonds is 2. The van der Waals surface area contributed by atoms with Gasteiger partial charge in [0.25, 0.3) is 0 Å². The molecule has 0 saturated heterocycles. The van der Waals surface area contributed by atoms with E-state index in [4.69, 9.17) is 30.5 Å². The van der Waals surface area contributed by atoms with Gasteiger partial charge in [-0.05, 0) is 11.1 Å². The summed E-state index contributed by atoms with van der Waals surface area (Å²) >= 11 is -0.106. The van der Waals surface area contributed by atoms with E-state index in [1.807, 2.05) is 24.3 Å². The molecule has 78 valence electrons. The molecule has 0 aliphatic rings. The van der Waals surface area contributed by atoms with E-state index in [1.54, 1.807) is 0 Å². The Balaban J connectivity index is 0.000000424. The van der Waals surface area contributed by atoms with Crippen LogP contribution in [0.5, 0.6) is 0 Å². The van der Waals surface area contributed by atoms with Crippen molar-refractivity contribution in [3.05, 3.63) is 35.4 Å². The van der Waals surface area contributed by atoms with Crippen LogP contribution >= 0.6 is 19.1 Å². The van der Waals surface area contributed by atoms with Gasteiger partial charge in [0.05, 0.1) is 0 Å². The summed E-state index contributed by atoms with van der Waals surface area (Å²) in [7, 11) is 9.63. The van der Waals surface area contributed by atoms with Crippen molar-refractivity contribution in [3.63, 3.8) is 0 Å². The van der Waals surface area contributed by atoms with Crippen LogP contribution in [0, 0.1) is 0 Å². The standard InChI is InChI=1S/C8H12N2.2ClH.Pd/c9-5-7-2-1-3-8(4-7)6-10;;;/h1-4H,5-6,9-10H2;2*1H;/q;;;+2/p-2. The Labute approximate surface area is 94.7 Å². The molecule has 0 aromatic heterocycles. The molecule has 2 nitrogen and oxygen atoms in total. The summed E-state index contributed by atoms with van der Waals surface area (Å²) in [5.74, 6) is 0. The van der Waals surface area contributed by atoms with Crippen molar-refractivity contribution in [2.24, 2.45) is 11.5 Å². The molecule has 13 heavy (non-hydrogen) atoms. The van der Waals surface area contributed by atoms with Crippen LogP contribution < -0.4 is 11.5 Å². The van der Waals surface area contributed by atoms with Gasteiger partial charge in [0, 0.05) is 13.1 Å². The Morgan fingerprint density at radius 1 is 1.08 bits per heavy atom. The zero-order valence-electron chi connectivity index (χ0n) is 6.95. The van der Waals surface area contributed by atoms with Gasteiger partial charge in [0.1, 0.15) is 0 Å². The van der Waals surface area contributed by atoms with Gasteiger partial charge in [-0.1, -0.05) is 24.3 Å². The molecule has 0 heterocycles. The van der Waals surface area contributed by atoms with Gasteiger partial charge < -0.3 is 11.5 Å². The van der Waals surface area contributed by atoms with Crippen LogP contribution in [-0.2, 0) is 29.0 Å². The number of benzene rings is 1. The molecule has 1 rings (SSSR count). The average molecular weight is 314 g/mol. The van der Waals surface area contributed by atoms with Crippen LogP contribution in [-0.4, -0.2) is 0 Å². The Hall–Kier alpha value is 0.382. The SMILES string of the molecule is NCc1cccc(CN)c1.[Cl][Pd][Cl]. The Morgan fingerprint density at radius 2 is 1.46 bits per heavy atom. The van der Waals surface area contributed by atoms with Gasteiger partial charge in [-0.15, -0.1) is 0 Å². The molecule has 0 amide bonds. The number of hydrogen-bond donors (Lipinski definition) is 2. The second kappa shape index (κ2) is 8.96. The molecular weight excluding hydrogens is 301 g/mol. The van der Waals surface area contributed by atoms with E-state index in [0.717, 1.165) is 11.1 Å². The van der Waals surface area contributed by atoms with Crippen molar-refractivity contribution in [1.82, 2.24) is 0 Å². The molecule has 1 aromatic carbocycles. The molecule has 0 aliphatic carbocycles. The van der Waals surface area contributed by atoms with Crippen LogP contribution in [0.25, 0.3) is 0 Å². The first-order valence-electron chi connectivity index (χ1n) is 3.58. The second-order valence-electron chi connectivity index (χ2n) is 2.27. The van der Waals surface area contributed by atoms with Gasteiger partial charge in [0.2, 0.25) is 0 Å². The van der Waals surface area contributed by atoms with Gasteiger partial charge in [0.15, 0.2) is 0 Å². The van der Waals surface area contributed by atoms with E-state index in [0.29, 0.717) is 13.1 Å². The second-order valence-corrected chi connectivity index (χ2v) is 4.63. The first kappa shape index (κ1) is 13.4. The zero-order chi connectivity index (χ0) is 10.1.